The van der Waals surface area contributed by atoms with Gasteiger partial charge in [-0.15, -0.1) is 0 Å². The van der Waals surface area contributed by atoms with Gasteiger partial charge in [0.25, 0.3) is 0 Å². The molecule has 5 nitrogen and oxygen atoms in total. The molecule has 0 saturated carbocycles. The number of fused-ring (bicyclic) bond motifs is 1. The molecule has 0 spiro atoms. The molecule has 0 aliphatic rings. The van der Waals surface area contributed by atoms with Crippen LogP contribution in [0.5, 0.6) is 5.75 Å². The Morgan fingerprint density at radius 1 is 1.11 bits per heavy atom. The van der Waals surface area contributed by atoms with Crippen molar-refractivity contribution in [3.05, 3.63) is 63.8 Å². The number of carbonyl (C=O) groups excluding carboxylic acids is 1. The second kappa shape index (κ2) is 7.66. The van der Waals surface area contributed by atoms with Crippen LogP contribution >= 0.6 is 0 Å². The molecule has 0 unspecified atom stereocenters. The molecule has 140 valence electrons. The molecular weight excluding hydrogens is 344 g/mol. The summed E-state index contributed by atoms with van der Waals surface area (Å²) in [6.07, 6.45) is -0.931. The Balaban J connectivity index is 2.22. The summed E-state index contributed by atoms with van der Waals surface area (Å²) in [7, 11) is 0. The summed E-state index contributed by atoms with van der Waals surface area (Å²) in [4.78, 5) is 25.2. The van der Waals surface area contributed by atoms with Crippen LogP contribution in [0.15, 0.2) is 51.7 Å². The van der Waals surface area contributed by atoms with E-state index in [1.807, 2.05) is 50.2 Å². The van der Waals surface area contributed by atoms with Crippen molar-refractivity contribution in [3.8, 4) is 17.1 Å². The first-order chi connectivity index (χ1) is 12.9. The number of hydrogen-bond acceptors (Lipinski definition) is 5. The number of aryl methyl sites for hydroxylation is 2. The van der Waals surface area contributed by atoms with Crippen LogP contribution in [0.25, 0.3) is 22.3 Å². The second-order valence-corrected chi connectivity index (χ2v) is 6.40. The van der Waals surface area contributed by atoms with Gasteiger partial charge in [-0.2, -0.15) is 0 Å². The van der Waals surface area contributed by atoms with Crippen molar-refractivity contribution in [1.82, 2.24) is 0 Å². The van der Waals surface area contributed by atoms with Crippen LogP contribution in [0, 0.1) is 13.8 Å². The highest BCUT2D eigenvalue weighted by Gasteiger charge is 2.23. The molecular formula is C22H22O5. The average Bonchev–Trinajstić information content (AvgIpc) is 2.66. The molecule has 1 heterocycles. The van der Waals surface area contributed by atoms with Crippen molar-refractivity contribution in [3.63, 3.8) is 0 Å². The topological polar surface area (TPSA) is 65.7 Å². The Bertz CT molecular complexity index is 1030. The first kappa shape index (κ1) is 18.7. The second-order valence-electron chi connectivity index (χ2n) is 6.40. The highest BCUT2D eigenvalue weighted by molar-refractivity contribution is 5.84. The zero-order valence-corrected chi connectivity index (χ0v) is 15.9. The van der Waals surface area contributed by atoms with Crippen molar-refractivity contribution in [1.29, 1.82) is 0 Å². The minimum atomic E-state index is -0.931. The fourth-order valence-electron chi connectivity index (χ4n) is 2.80. The van der Waals surface area contributed by atoms with Crippen LogP contribution in [0.2, 0.25) is 0 Å². The summed E-state index contributed by atoms with van der Waals surface area (Å²) in [6.45, 7) is 7.40. The zero-order valence-electron chi connectivity index (χ0n) is 15.9. The smallest absolute Gasteiger partial charge is 0.347 e. The Morgan fingerprint density at radius 3 is 2.44 bits per heavy atom. The van der Waals surface area contributed by atoms with Gasteiger partial charge in [0.2, 0.25) is 11.2 Å². The van der Waals surface area contributed by atoms with Gasteiger partial charge in [0.15, 0.2) is 11.9 Å². The lowest BCUT2D eigenvalue weighted by atomic mass is 10.0. The van der Waals surface area contributed by atoms with Gasteiger partial charge in [-0.25, -0.2) is 4.79 Å². The molecule has 0 radical (unpaired) electrons. The lowest BCUT2D eigenvalue weighted by Gasteiger charge is -2.16. The van der Waals surface area contributed by atoms with Crippen molar-refractivity contribution < 1.29 is 18.7 Å². The third kappa shape index (κ3) is 3.72. The number of hydrogen-bond donors (Lipinski definition) is 0. The van der Waals surface area contributed by atoms with E-state index in [9.17, 15) is 9.59 Å². The van der Waals surface area contributed by atoms with Crippen LogP contribution < -0.4 is 10.2 Å². The van der Waals surface area contributed by atoms with Crippen LogP contribution in [0.4, 0.5) is 0 Å². The van der Waals surface area contributed by atoms with E-state index in [1.54, 1.807) is 19.9 Å². The fraction of sp³-hybridized carbons (Fsp3) is 0.273. The highest BCUT2D eigenvalue weighted by atomic mass is 16.6. The summed E-state index contributed by atoms with van der Waals surface area (Å²) < 4.78 is 16.8. The SMILES string of the molecule is CCOC(=O)[C@@H](C)Oc1c(-c2ccccc2)oc2cc(C)c(C)cc2c1=O. The van der Waals surface area contributed by atoms with Crippen molar-refractivity contribution in [2.75, 3.05) is 6.61 Å². The van der Waals surface area contributed by atoms with Crippen LogP contribution in [-0.2, 0) is 9.53 Å². The maximum atomic E-state index is 13.2. The van der Waals surface area contributed by atoms with Crippen LogP contribution in [0.3, 0.4) is 0 Å². The van der Waals surface area contributed by atoms with E-state index in [0.29, 0.717) is 22.3 Å². The van der Waals surface area contributed by atoms with Gasteiger partial charge in [-0.1, -0.05) is 30.3 Å². The van der Waals surface area contributed by atoms with Gasteiger partial charge >= 0.3 is 5.97 Å². The molecule has 0 N–H and O–H groups in total. The fourth-order valence-corrected chi connectivity index (χ4v) is 2.80. The number of benzene rings is 2. The van der Waals surface area contributed by atoms with E-state index in [4.69, 9.17) is 13.9 Å². The van der Waals surface area contributed by atoms with Gasteiger partial charge in [-0.3, -0.25) is 4.79 Å². The monoisotopic (exact) mass is 366 g/mol. The Hall–Kier alpha value is -3.08. The predicted octanol–water partition coefficient (Wildman–Crippen LogP) is 4.41. The van der Waals surface area contributed by atoms with Gasteiger partial charge in [0, 0.05) is 5.56 Å². The van der Waals surface area contributed by atoms with Crippen molar-refractivity contribution in [2.45, 2.75) is 33.8 Å². The number of esters is 1. The van der Waals surface area contributed by atoms with E-state index in [0.717, 1.165) is 11.1 Å². The maximum Gasteiger partial charge on any atom is 0.347 e. The number of carbonyl (C=O) groups is 1. The van der Waals surface area contributed by atoms with Crippen LogP contribution in [0.1, 0.15) is 25.0 Å². The highest BCUT2D eigenvalue weighted by Crippen LogP contribution is 2.32. The molecule has 0 saturated heterocycles. The van der Waals surface area contributed by atoms with Crippen molar-refractivity contribution in [2.24, 2.45) is 0 Å². The minimum Gasteiger partial charge on any atom is -0.471 e. The van der Waals surface area contributed by atoms with E-state index in [1.165, 1.54) is 0 Å². The molecule has 1 aromatic heterocycles. The first-order valence-electron chi connectivity index (χ1n) is 8.89. The lowest BCUT2D eigenvalue weighted by molar-refractivity contribution is -0.150. The molecule has 2 aromatic carbocycles. The molecule has 5 heteroatoms. The zero-order chi connectivity index (χ0) is 19.6. The molecule has 0 aliphatic heterocycles. The summed E-state index contributed by atoms with van der Waals surface area (Å²) in [5, 5.41) is 0.420. The van der Waals surface area contributed by atoms with E-state index in [-0.39, 0.29) is 17.8 Å². The van der Waals surface area contributed by atoms with Gasteiger partial charge in [0.1, 0.15) is 5.58 Å². The largest absolute Gasteiger partial charge is 0.471 e. The Morgan fingerprint density at radius 2 is 1.78 bits per heavy atom. The lowest BCUT2D eigenvalue weighted by Crippen LogP contribution is -2.28. The third-order valence-corrected chi connectivity index (χ3v) is 4.41. The van der Waals surface area contributed by atoms with Gasteiger partial charge in [-0.05, 0) is 51.0 Å². The molecule has 0 bridgehead atoms. The van der Waals surface area contributed by atoms with E-state index in [2.05, 4.69) is 0 Å². The summed E-state index contributed by atoms with van der Waals surface area (Å²) in [5.41, 5.74) is 2.87. The Kier molecular flexibility index (Phi) is 5.31. The molecule has 0 amide bonds. The predicted molar refractivity (Wildman–Crippen MR) is 104 cm³/mol. The van der Waals surface area contributed by atoms with E-state index >= 15 is 0 Å². The molecule has 3 rings (SSSR count). The third-order valence-electron chi connectivity index (χ3n) is 4.41. The Labute approximate surface area is 157 Å². The standard InChI is InChI=1S/C22H22O5/c1-5-25-22(24)15(4)26-21-19(23)17-11-13(2)14(3)12-18(17)27-20(21)16-9-7-6-8-10-16/h6-12,15H,5H2,1-4H3/t15-/m1/s1. The summed E-state index contributed by atoms with van der Waals surface area (Å²) in [6, 6.07) is 12.8. The number of rotatable bonds is 5. The average molecular weight is 366 g/mol. The summed E-state index contributed by atoms with van der Waals surface area (Å²) >= 11 is 0. The molecule has 27 heavy (non-hydrogen) atoms. The number of ether oxygens (including phenoxy) is 2. The molecule has 1 atom stereocenters. The first-order valence-corrected chi connectivity index (χ1v) is 8.89. The molecule has 0 fully saturated rings. The molecule has 3 aromatic rings. The maximum absolute atomic E-state index is 13.2. The molecule has 0 aliphatic carbocycles. The van der Waals surface area contributed by atoms with Crippen molar-refractivity contribution >= 4 is 16.9 Å². The summed E-state index contributed by atoms with van der Waals surface area (Å²) in [5.74, 6) is -0.221. The quantitative estimate of drug-likeness (QED) is 0.626. The normalized spacial score (nSPS) is 12.0. The van der Waals surface area contributed by atoms with Gasteiger partial charge in [0.05, 0.1) is 12.0 Å². The van der Waals surface area contributed by atoms with E-state index < -0.39 is 12.1 Å². The minimum absolute atomic E-state index is 0.0116. The van der Waals surface area contributed by atoms with Crippen LogP contribution in [-0.4, -0.2) is 18.7 Å². The van der Waals surface area contributed by atoms with Gasteiger partial charge < -0.3 is 13.9 Å².